The summed E-state index contributed by atoms with van der Waals surface area (Å²) in [4.78, 5) is 27.5. The molecule has 2 N–H and O–H groups in total. The van der Waals surface area contributed by atoms with Gasteiger partial charge in [0.2, 0.25) is 21.9 Å². The Morgan fingerprint density at radius 2 is 1.73 bits per heavy atom. The number of benzene rings is 2. The first-order valence-corrected chi connectivity index (χ1v) is 17.3. The lowest BCUT2D eigenvalue weighted by Gasteiger charge is -2.34. The number of nitrogens with zero attached hydrogens (tertiary/aromatic N) is 4. The topological polar surface area (TPSA) is 136 Å². The molecule has 2 aromatic carbocycles. The van der Waals surface area contributed by atoms with Gasteiger partial charge in [0, 0.05) is 42.3 Å². The molecule has 2 aromatic heterocycles. The van der Waals surface area contributed by atoms with E-state index in [0.717, 1.165) is 18.9 Å². The molecule has 1 aliphatic heterocycles. The molecule has 274 valence electrons. The van der Waals surface area contributed by atoms with E-state index in [9.17, 15) is 39.6 Å². The third kappa shape index (κ3) is 8.90. The van der Waals surface area contributed by atoms with E-state index in [1.54, 1.807) is 55.5 Å². The Hall–Kier alpha value is -4.87. The van der Waals surface area contributed by atoms with E-state index in [0.29, 0.717) is 29.9 Å². The van der Waals surface area contributed by atoms with Gasteiger partial charge in [0.1, 0.15) is 22.9 Å². The molecule has 18 heteroatoms. The van der Waals surface area contributed by atoms with Crippen LogP contribution in [0.4, 0.5) is 42.8 Å². The molecule has 0 spiro atoms. The van der Waals surface area contributed by atoms with Gasteiger partial charge in [-0.05, 0) is 76.4 Å². The van der Waals surface area contributed by atoms with Crippen LogP contribution in [0, 0.1) is 12.7 Å². The van der Waals surface area contributed by atoms with Gasteiger partial charge < -0.3 is 19.7 Å². The van der Waals surface area contributed by atoms with Gasteiger partial charge in [0.05, 0.1) is 16.9 Å². The Morgan fingerprint density at radius 1 is 1.00 bits per heavy atom. The van der Waals surface area contributed by atoms with Crippen molar-refractivity contribution in [3.63, 3.8) is 0 Å². The molecule has 1 aliphatic rings. The Balaban J connectivity index is 1.42. The van der Waals surface area contributed by atoms with Crippen LogP contribution in [-0.2, 0) is 14.8 Å². The minimum atomic E-state index is -6.14. The van der Waals surface area contributed by atoms with Crippen molar-refractivity contribution in [2.45, 2.75) is 64.3 Å². The first-order chi connectivity index (χ1) is 23.7. The van der Waals surface area contributed by atoms with E-state index in [4.69, 9.17) is 9.47 Å². The predicted molar refractivity (Wildman–Crippen MR) is 177 cm³/mol. The van der Waals surface area contributed by atoms with Crippen LogP contribution in [0.3, 0.4) is 0 Å². The second-order valence-electron chi connectivity index (χ2n) is 12.9. The fraction of sp³-hybridized carbons (Fsp3) is 0.394. The number of hydrogen-bond acceptors (Lipinski definition) is 9. The average Bonchev–Trinajstić information content (AvgIpc) is 3.02. The van der Waals surface area contributed by atoms with Crippen LogP contribution in [-0.4, -0.2) is 76.9 Å². The highest BCUT2D eigenvalue weighted by atomic mass is 32.2. The van der Waals surface area contributed by atoms with Crippen molar-refractivity contribution in [3.05, 3.63) is 66.2 Å². The predicted octanol–water partition coefficient (Wildman–Crippen LogP) is 7.68. The zero-order valence-electron chi connectivity index (χ0n) is 27.8. The fourth-order valence-corrected chi connectivity index (χ4v) is 6.56. The third-order valence-corrected chi connectivity index (χ3v) is 8.91. The number of halogens is 6. The highest BCUT2D eigenvalue weighted by Gasteiger charge is 2.59. The van der Waals surface area contributed by atoms with Crippen molar-refractivity contribution in [3.8, 4) is 22.9 Å². The van der Waals surface area contributed by atoms with Crippen LogP contribution < -0.4 is 14.8 Å². The van der Waals surface area contributed by atoms with Gasteiger partial charge in [-0.3, -0.25) is 4.72 Å². The molecule has 0 aliphatic carbocycles. The normalized spacial score (nSPS) is 15.8. The molecule has 11 nitrogen and oxygen atoms in total. The van der Waals surface area contributed by atoms with E-state index < -0.39 is 51.1 Å². The lowest BCUT2D eigenvalue weighted by molar-refractivity contribution is -0.271. The minimum Gasteiger partial charge on any atom is -0.444 e. The molecule has 0 radical (unpaired) electrons. The molecule has 0 bridgehead atoms. The molecule has 0 saturated carbocycles. The molecular weight excluding hydrogens is 706 g/mol. The van der Waals surface area contributed by atoms with Crippen molar-refractivity contribution in [2.24, 2.45) is 0 Å². The molecular formula is C33H34F6N6O5S. The lowest BCUT2D eigenvalue weighted by atomic mass is 10.0. The largest absolute Gasteiger partial charge is 0.454 e. The molecule has 1 atom stereocenters. The first-order valence-electron chi connectivity index (χ1n) is 15.6. The number of carbonyl (C=O) groups is 1. The summed E-state index contributed by atoms with van der Waals surface area (Å²) < 4.78 is 119. The van der Waals surface area contributed by atoms with Crippen molar-refractivity contribution in [1.29, 1.82) is 0 Å². The van der Waals surface area contributed by atoms with Crippen LogP contribution in [0.2, 0.25) is 0 Å². The zero-order chi connectivity index (χ0) is 37.4. The number of anilines is 2. The number of aromatic nitrogens is 3. The number of carbonyl (C=O) groups excluding carboxylic acids is 1. The van der Waals surface area contributed by atoms with Gasteiger partial charge in [0.25, 0.3) is 0 Å². The molecule has 1 saturated heterocycles. The number of fused-ring (bicyclic) bond motifs is 1. The van der Waals surface area contributed by atoms with E-state index in [1.165, 1.54) is 30.6 Å². The maximum atomic E-state index is 15.0. The molecule has 3 heterocycles. The minimum absolute atomic E-state index is 0.0304. The van der Waals surface area contributed by atoms with Gasteiger partial charge >= 0.3 is 18.2 Å². The Kier molecular flexibility index (Phi) is 10.3. The summed E-state index contributed by atoms with van der Waals surface area (Å²) in [6.07, 6.45) is -2.13. The molecule has 5 rings (SSSR count). The zero-order valence-corrected chi connectivity index (χ0v) is 28.6. The van der Waals surface area contributed by atoms with E-state index in [1.807, 2.05) is 0 Å². The Bertz CT molecular complexity index is 2040. The number of amides is 1. The molecule has 51 heavy (non-hydrogen) atoms. The van der Waals surface area contributed by atoms with Crippen molar-refractivity contribution >= 4 is 38.5 Å². The summed E-state index contributed by atoms with van der Waals surface area (Å²) >= 11 is 0. The first kappa shape index (κ1) is 37.4. The number of ether oxygens (including phenoxy) is 2. The summed E-state index contributed by atoms with van der Waals surface area (Å²) in [6, 6.07) is 9.51. The number of likely N-dealkylation sites (tertiary alicyclic amines) is 1. The second-order valence-corrected chi connectivity index (χ2v) is 14.6. The maximum Gasteiger partial charge on any atom is 0.454 e. The second kappa shape index (κ2) is 14.0. The smallest absolute Gasteiger partial charge is 0.444 e. The van der Waals surface area contributed by atoms with Crippen LogP contribution in [0.5, 0.6) is 11.6 Å². The van der Waals surface area contributed by atoms with E-state index >= 15 is 0 Å². The van der Waals surface area contributed by atoms with Gasteiger partial charge in [-0.2, -0.15) is 22.0 Å². The van der Waals surface area contributed by atoms with Crippen LogP contribution in [0.15, 0.2) is 54.9 Å². The standard InChI is InChI=1S/C33H34F6N6O5S/c1-19-9-10-21-22(11-12-24(34)26(21)44-51(47,48)18-32(35,36)33(37,38)39)27(19)49-28-23(8-5-14-40-28)25-13-15-41-29(43-25)42-20-7-6-16-45(17-20)30(46)50-31(2,3)4/h5,8-15,20,44H,6-7,16-18H2,1-4H3,(H,41,42,43)/t20-/m0/s1. The van der Waals surface area contributed by atoms with Crippen molar-refractivity contribution in [2.75, 3.05) is 28.9 Å². The van der Waals surface area contributed by atoms with Gasteiger partial charge in [0.15, 0.2) is 0 Å². The molecule has 1 amide bonds. The van der Waals surface area contributed by atoms with Crippen molar-refractivity contribution < 1.29 is 49.0 Å². The quantitative estimate of drug-likeness (QED) is 0.166. The Morgan fingerprint density at radius 3 is 2.43 bits per heavy atom. The number of piperidine rings is 1. The summed E-state index contributed by atoms with van der Waals surface area (Å²) in [7, 11) is -5.40. The SMILES string of the molecule is Cc1ccc2c(NS(=O)(=O)CC(F)(F)C(F)(F)F)c(F)ccc2c1Oc1ncccc1-c1ccnc(N[C@H]2CCCN(C(=O)OC(C)(C)C)C2)n1. The Labute approximate surface area is 289 Å². The highest BCUT2D eigenvalue weighted by Crippen LogP contribution is 2.41. The highest BCUT2D eigenvalue weighted by molar-refractivity contribution is 7.92. The van der Waals surface area contributed by atoms with Crippen LogP contribution >= 0.6 is 0 Å². The third-order valence-electron chi connectivity index (χ3n) is 7.65. The molecule has 1 fully saturated rings. The lowest BCUT2D eigenvalue weighted by Crippen LogP contribution is -2.47. The number of sulfonamides is 1. The van der Waals surface area contributed by atoms with Crippen molar-refractivity contribution in [1.82, 2.24) is 19.9 Å². The summed E-state index contributed by atoms with van der Waals surface area (Å²) in [6.45, 7) is 7.93. The van der Waals surface area contributed by atoms with E-state index in [-0.39, 0.29) is 34.4 Å². The number of nitrogens with one attached hydrogen (secondary N) is 2. The number of pyridine rings is 1. The number of alkyl halides is 5. The van der Waals surface area contributed by atoms with Crippen LogP contribution in [0.25, 0.3) is 22.0 Å². The fourth-order valence-electron chi connectivity index (χ4n) is 5.32. The van der Waals surface area contributed by atoms with Crippen LogP contribution in [0.1, 0.15) is 39.2 Å². The summed E-state index contributed by atoms with van der Waals surface area (Å²) in [5, 5.41) is 3.19. The monoisotopic (exact) mass is 740 g/mol. The number of hydrogen-bond donors (Lipinski definition) is 2. The van der Waals surface area contributed by atoms with Gasteiger partial charge in [-0.15, -0.1) is 0 Å². The molecule has 4 aromatic rings. The summed E-state index contributed by atoms with van der Waals surface area (Å²) in [5.41, 5.74) is -0.218. The average molecular weight is 741 g/mol. The molecule has 0 unspecified atom stereocenters. The van der Waals surface area contributed by atoms with Gasteiger partial charge in [-0.1, -0.05) is 12.1 Å². The van der Waals surface area contributed by atoms with Gasteiger partial charge in [-0.25, -0.2) is 32.6 Å². The van der Waals surface area contributed by atoms with E-state index in [2.05, 4.69) is 20.3 Å². The number of rotatable bonds is 9. The number of aryl methyl sites for hydroxylation is 1. The summed E-state index contributed by atoms with van der Waals surface area (Å²) in [5.74, 6) is -9.09. The maximum absolute atomic E-state index is 15.0.